The van der Waals surface area contributed by atoms with Crippen LogP contribution >= 0.6 is 0 Å². The van der Waals surface area contributed by atoms with Crippen molar-refractivity contribution in [2.24, 2.45) is 0 Å². The molecular weight excluding hydrogens is 533 g/mol. The van der Waals surface area contributed by atoms with Crippen molar-refractivity contribution < 1.29 is 27.2 Å². The second-order valence-electron chi connectivity index (χ2n) is 10.00. The van der Waals surface area contributed by atoms with E-state index >= 15 is 0 Å². The fourth-order valence-corrected chi connectivity index (χ4v) is 6.30. The first-order valence-electron chi connectivity index (χ1n) is 13.1. The molecule has 1 atom stereocenters. The lowest BCUT2D eigenvalue weighted by molar-refractivity contribution is -0.141. The molecule has 0 unspecified atom stereocenters. The fourth-order valence-electron chi connectivity index (χ4n) is 4.69. The van der Waals surface area contributed by atoms with Crippen molar-refractivity contribution in [3.8, 4) is 0 Å². The second kappa shape index (κ2) is 12.4. The van der Waals surface area contributed by atoms with E-state index in [1.54, 1.807) is 24.3 Å². The quantitative estimate of drug-likeness (QED) is 0.380. The van der Waals surface area contributed by atoms with Crippen LogP contribution in [-0.4, -0.2) is 54.0 Å². The number of rotatable bonds is 11. The van der Waals surface area contributed by atoms with Crippen molar-refractivity contribution in [1.29, 1.82) is 0 Å². The zero-order chi connectivity index (χ0) is 28.9. The smallest absolute Gasteiger partial charge is 0.269 e. The summed E-state index contributed by atoms with van der Waals surface area (Å²) in [5.41, 5.74) is 1.60. The summed E-state index contributed by atoms with van der Waals surface area (Å²) in [7, 11) is -3.99. The lowest BCUT2D eigenvalue weighted by Crippen LogP contribution is -2.51. The average molecular weight is 566 g/mol. The van der Waals surface area contributed by atoms with Crippen LogP contribution in [-0.2, 0) is 32.6 Å². The van der Waals surface area contributed by atoms with Crippen LogP contribution in [0.4, 0.5) is 4.39 Å². The van der Waals surface area contributed by atoms with Crippen LogP contribution in [0.2, 0.25) is 0 Å². The number of benzene rings is 3. The molecule has 1 aliphatic rings. The zero-order valence-electron chi connectivity index (χ0n) is 22.4. The number of amides is 3. The molecule has 0 radical (unpaired) electrons. The van der Waals surface area contributed by atoms with Crippen molar-refractivity contribution in [3.63, 3.8) is 0 Å². The van der Waals surface area contributed by atoms with Crippen LogP contribution in [0, 0.1) is 5.82 Å². The van der Waals surface area contributed by atoms with Gasteiger partial charge >= 0.3 is 0 Å². The number of halogens is 1. The summed E-state index contributed by atoms with van der Waals surface area (Å²) in [4.78, 5) is 41.2. The average Bonchev–Trinajstić information content (AvgIpc) is 3.12. The Morgan fingerprint density at radius 3 is 2.23 bits per heavy atom. The number of sulfonamides is 1. The predicted molar refractivity (Wildman–Crippen MR) is 148 cm³/mol. The van der Waals surface area contributed by atoms with E-state index in [0.717, 1.165) is 9.87 Å². The zero-order valence-corrected chi connectivity index (χ0v) is 23.2. The summed E-state index contributed by atoms with van der Waals surface area (Å²) < 4.78 is 40.2. The van der Waals surface area contributed by atoms with Gasteiger partial charge in [-0.25, -0.2) is 17.1 Å². The van der Waals surface area contributed by atoms with Crippen molar-refractivity contribution in [2.75, 3.05) is 6.54 Å². The molecule has 3 aromatic rings. The molecule has 0 aliphatic carbocycles. The molecule has 0 bridgehead atoms. The Balaban J connectivity index is 1.56. The lowest BCUT2D eigenvalue weighted by Gasteiger charge is -2.32. The Morgan fingerprint density at radius 1 is 0.925 bits per heavy atom. The third-order valence-corrected chi connectivity index (χ3v) is 8.47. The van der Waals surface area contributed by atoms with E-state index in [-0.39, 0.29) is 60.7 Å². The molecule has 0 spiro atoms. The molecule has 0 fully saturated rings. The van der Waals surface area contributed by atoms with Gasteiger partial charge in [0.25, 0.3) is 15.9 Å². The molecule has 0 saturated heterocycles. The molecule has 3 aromatic carbocycles. The number of carbonyl (C=O) groups excluding carboxylic acids is 3. The first-order valence-corrected chi connectivity index (χ1v) is 14.6. The monoisotopic (exact) mass is 565 g/mol. The first kappa shape index (κ1) is 28.9. The number of fused-ring (bicyclic) bond motifs is 1. The van der Waals surface area contributed by atoms with Crippen LogP contribution in [0.1, 0.15) is 48.2 Å². The van der Waals surface area contributed by atoms with E-state index in [0.29, 0.717) is 5.56 Å². The third-order valence-electron chi connectivity index (χ3n) is 6.63. The van der Waals surface area contributed by atoms with E-state index in [1.165, 1.54) is 29.2 Å². The normalized spacial score (nSPS) is 14.6. The SMILES string of the molecule is CC(C)NC(=O)[C@H](Cc1ccccc1)N(Cc1ccc(F)cc1)C(=O)CCCN1C(=O)c2ccccc2S1(=O)=O. The number of carbonyl (C=O) groups is 3. The Morgan fingerprint density at radius 2 is 1.57 bits per heavy atom. The Kier molecular flexibility index (Phi) is 8.99. The lowest BCUT2D eigenvalue weighted by atomic mass is 10.0. The van der Waals surface area contributed by atoms with Gasteiger partial charge in [-0.15, -0.1) is 0 Å². The molecule has 10 heteroatoms. The summed E-state index contributed by atoms with van der Waals surface area (Å²) >= 11 is 0. The standard InChI is InChI=1S/C30H32FN3O5S/c1-21(2)32-29(36)26(19-22-9-4-3-5-10-22)33(20-23-14-16-24(31)17-15-23)28(35)13-8-18-34-30(37)25-11-6-7-12-27(25)40(34,38)39/h3-7,9-12,14-17,21,26H,8,13,18-20H2,1-2H3,(H,32,36)/t26-/m0/s1. The van der Waals surface area contributed by atoms with Gasteiger partial charge < -0.3 is 10.2 Å². The summed E-state index contributed by atoms with van der Waals surface area (Å²) in [5, 5.41) is 2.90. The van der Waals surface area contributed by atoms with Gasteiger partial charge in [0.15, 0.2) is 0 Å². The van der Waals surface area contributed by atoms with Crippen LogP contribution in [0.15, 0.2) is 83.8 Å². The molecule has 1 heterocycles. The molecule has 3 amide bonds. The fraction of sp³-hybridized carbons (Fsp3) is 0.300. The number of hydrogen-bond acceptors (Lipinski definition) is 5. The van der Waals surface area contributed by atoms with Crippen molar-refractivity contribution in [2.45, 2.75) is 56.6 Å². The molecule has 0 saturated carbocycles. The minimum absolute atomic E-state index is 0.0439. The third kappa shape index (κ3) is 6.56. The molecule has 8 nitrogen and oxygen atoms in total. The van der Waals surface area contributed by atoms with Crippen molar-refractivity contribution in [3.05, 3.63) is 101 Å². The van der Waals surface area contributed by atoms with Crippen LogP contribution < -0.4 is 5.32 Å². The van der Waals surface area contributed by atoms with Crippen LogP contribution in [0.5, 0.6) is 0 Å². The van der Waals surface area contributed by atoms with Crippen molar-refractivity contribution >= 4 is 27.7 Å². The Hall–Kier alpha value is -4.05. The van der Waals surface area contributed by atoms with E-state index in [2.05, 4.69) is 5.32 Å². The van der Waals surface area contributed by atoms with Crippen LogP contribution in [0.25, 0.3) is 0 Å². The van der Waals surface area contributed by atoms with Gasteiger partial charge in [-0.3, -0.25) is 14.4 Å². The highest BCUT2D eigenvalue weighted by atomic mass is 32.2. The van der Waals surface area contributed by atoms with E-state index in [4.69, 9.17) is 0 Å². The van der Waals surface area contributed by atoms with Gasteiger partial charge in [0.1, 0.15) is 16.8 Å². The van der Waals surface area contributed by atoms with Gasteiger partial charge in [-0.2, -0.15) is 0 Å². The maximum absolute atomic E-state index is 13.7. The highest BCUT2D eigenvalue weighted by Gasteiger charge is 2.40. The summed E-state index contributed by atoms with van der Waals surface area (Å²) in [6.45, 7) is 3.53. The predicted octanol–water partition coefficient (Wildman–Crippen LogP) is 3.92. The molecule has 0 aromatic heterocycles. The van der Waals surface area contributed by atoms with Gasteiger partial charge in [0.2, 0.25) is 11.8 Å². The highest BCUT2D eigenvalue weighted by molar-refractivity contribution is 7.90. The van der Waals surface area contributed by atoms with E-state index < -0.39 is 27.8 Å². The maximum Gasteiger partial charge on any atom is 0.269 e. The minimum Gasteiger partial charge on any atom is -0.352 e. The number of hydrogen-bond donors (Lipinski definition) is 1. The maximum atomic E-state index is 13.7. The van der Waals surface area contributed by atoms with Gasteiger partial charge in [-0.1, -0.05) is 54.6 Å². The van der Waals surface area contributed by atoms with Gasteiger partial charge in [-0.05, 0) is 55.7 Å². The minimum atomic E-state index is -3.99. The largest absolute Gasteiger partial charge is 0.352 e. The molecular formula is C30H32FN3O5S. The Labute approximate surface area is 233 Å². The summed E-state index contributed by atoms with van der Waals surface area (Å²) in [6.07, 6.45) is 0.222. The summed E-state index contributed by atoms with van der Waals surface area (Å²) in [6, 6.07) is 20.0. The molecule has 1 aliphatic heterocycles. The number of nitrogens with zero attached hydrogens (tertiary/aromatic N) is 2. The van der Waals surface area contributed by atoms with Gasteiger partial charge in [0, 0.05) is 32.0 Å². The second-order valence-corrected chi connectivity index (χ2v) is 11.8. The van der Waals surface area contributed by atoms with E-state index in [9.17, 15) is 27.2 Å². The highest BCUT2D eigenvalue weighted by Crippen LogP contribution is 2.30. The van der Waals surface area contributed by atoms with E-state index in [1.807, 2.05) is 44.2 Å². The van der Waals surface area contributed by atoms with Gasteiger partial charge in [0.05, 0.1) is 5.56 Å². The number of nitrogens with one attached hydrogen (secondary N) is 1. The molecule has 1 N–H and O–H groups in total. The first-order chi connectivity index (χ1) is 19.1. The van der Waals surface area contributed by atoms with Crippen molar-refractivity contribution in [1.82, 2.24) is 14.5 Å². The topological polar surface area (TPSA) is 104 Å². The molecule has 210 valence electrons. The molecule has 4 rings (SSSR count). The summed E-state index contributed by atoms with van der Waals surface area (Å²) in [5.74, 6) is -1.75. The van der Waals surface area contributed by atoms with Crippen LogP contribution in [0.3, 0.4) is 0 Å². The Bertz CT molecular complexity index is 1480. The molecule has 40 heavy (non-hydrogen) atoms.